The molecule has 122 valence electrons. The van der Waals surface area contributed by atoms with E-state index in [0.717, 1.165) is 18.5 Å². The fourth-order valence-corrected chi connectivity index (χ4v) is 4.02. The van der Waals surface area contributed by atoms with Gasteiger partial charge < -0.3 is 0 Å². The Morgan fingerprint density at radius 1 is 1.42 bits per heavy atom. The minimum atomic E-state index is -0.169. The molecular formula is C17H17N5OS. The van der Waals surface area contributed by atoms with E-state index in [2.05, 4.69) is 27.2 Å². The fraction of sp³-hybridized carbons (Fsp3) is 0.294. The minimum absolute atomic E-state index is 0.169. The highest BCUT2D eigenvalue weighted by Gasteiger charge is 2.20. The minimum Gasteiger partial charge on any atom is -0.298 e. The van der Waals surface area contributed by atoms with Crippen molar-refractivity contribution in [3.63, 3.8) is 0 Å². The molecule has 7 heteroatoms. The normalized spacial score (nSPS) is 16.6. The van der Waals surface area contributed by atoms with E-state index in [1.165, 1.54) is 11.3 Å². The molecule has 4 rings (SSSR count). The summed E-state index contributed by atoms with van der Waals surface area (Å²) >= 11 is 1.59. The smallest absolute Gasteiger partial charge is 0.257 e. The van der Waals surface area contributed by atoms with Crippen molar-refractivity contribution in [3.05, 3.63) is 53.2 Å². The molecule has 0 fully saturated rings. The van der Waals surface area contributed by atoms with Crippen LogP contribution in [-0.4, -0.2) is 25.4 Å². The number of rotatable bonds is 3. The van der Waals surface area contributed by atoms with Crippen molar-refractivity contribution < 1.29 is 4.79 Å². The first-order valence-corrected chi connectivity index (χ1v) is 8.75. The number of carbonyl (C=O) groups is 1. The van der Waals surface area contributed by atoms with Gasteiger partial charge in [0.05, 0.1) is 5.69 Å². The number of aromatic nitrogens is 4. The van der Waals surface area contributed by atoms with Gasteiger partial charge in [-0.25, -0.2) is 15.0 Å². The number of carbonyl (C=O) groups excluding carboxylic acids is 1. The van der Waals surface area contributed by atoms with Gasteiger partial charge in [0.2, 0.25) is 0 Å². The van der Waals surface area contributed by atoms with Gasteiger partial charge in [-0.15, -0.1) is 11.3 Å². The quantitative estimate of drug-likeness (QED) is 0.796. The molecular weight excluding hydrogens is 322 g/mol. The maximum atomic E-state index is 12.5. The number of thiazole rings is 1. The highest BCUT2D eigenvalue weighted by Crippen LogP contribution is 2.32. The van der Waals surface area contributed by atoms with Crippen LogP contribution in [-0.2, 0) is 12.8 Å². The van der Waals surface area contributed by atoms with Crippen LogP contribution in [0.5, 0.6) is 0 Å². The monoisotopic (exact) mass is 339 g/mol. The first kappa shape index (κ1) is 15.0. The third kappa shape index (κ3) is 2.94. The van der Waals surface area contributed by atoms with Crippen molar-refractivity contribution in [2.75, 3.05) is 5.32 Å². The number of hydrogen-bond donors (Lipinski definition) is 1. The molecule has 3 aromatic rings. The van der Waals surface area contributed by atoms with E-state index >= 15 is 0 Å². The van der Waals surface area contributed by atoms with E-state index in [1.807, 2.05) is 0 Å². The van der Waals surface area contributed by atoms with E-state index < -0.39 is 0 Å². The van der Waals surface area contributed by atoms with Crippen LogP contribution in [0.25, 0.3) is 5.82 Å². The van der Waals surface area contributed by atoms with Gasteiger partial charge >= 0.3 is 0 Å². The van der Waals surface area contributed by atoms with Crippen LogP contribution in [0, 0.1) is 5.92 Å². The molecule has 0 spiro atoms. The van der Waals surface area contributed by atoms with E-state index in [4.69, 9.17) is 0 Å². The van der Waals surface area contributed by atoms with Crippen molar-refractivity contribution in [1.29, 1.82) is 0 Å². The van der Waals surface area contributed by atoms with Gasteiger partial charge in [-0.05, 0) is 37.3 Å². The predicted octanol–water partition coefficient (Wildman–Crippen LogP) is 3.10. The Bertz CT molecular complexity index is 871. The molecule has 1 aliphatic carbocycles. The second kappa shape index (κ2) is 6.16. The molecule has 3 aromatic heterocycles. The largest absolute Gasteiger partial charge is 0.298 e. The third-order valence-electron chi connectivity index (χ3n) is 4.18. The summed E-state index contributed by atoms with van der Waals surface area (Å²) in [4.78, 5) is 26.7. The molecule has 0 bridgehead atoms. The molecule has 0 aromatic carbocycles. The fourth-order valence-electron chi connectivity index (χ4n) is 2.86. The van der Waals surface area contributed by atoms with Crippen LogP contribution in [0.1, 0.15) is 34.3 Å². The molecule has 1 amide bonds. The van der Waals surface area contributed by atoms with Gasteiger partial charge in [-0.3, -0.25) is 14.7 Å². The number of imidazole rings is 1. The zero-order chi connectivity index (χ0) is 16.5. The van der Waals surface area contributed by atoms with E-state index in [0.29, 0.717) is 22.4 Å². The Morgan fingerprint density at radius 2 is 2.33 bits per heavy atom. The van der Waals surface area contributed by atoms with Crippen molar-refractivity contribution in [2.45, 2.75) is 26.2 Å². The van der Waals surface area contributed by atoms with Gasteiger partial charge in [-0.2, -0.15) is 0 Å². The van der Waals surface area contributed by atoms with Crippen LogP contribution in [0.3, 0.4) is 0 Å². The summed E-state index contributed by atoms with van der Waals surface area (Å²) in [6.45, 7) is 2.26. The standard InChI is InChI=1S/C17H17N5OS/c1-11-2-3-13-14(8-11)24-17(20-13)21-16(23)12-4-5-19-15(9-12)22-7-6-18-10-22/h4-7,9-11H,2-3,8H2,1H3,(H,20,21,23)/t11-/m0/s1. The molecule has 0 saturated heterocycles. The molecule has 0 radical (unpaired) electrons. The van der Waals surface area contributed by atoms with Crippen LogP contribution < -0.4 is 5.32 Å². The maximum Gasteiger partial charge on any atom is 0.257 e. The summed E-state index contributed by atoms with van der Waals surface area (Å²) in [5.74, 6) is 1.18. The van der Waals surface area contributed by atoms with Gasteiger partial charge in [0, 0.05) is 29.0 Å². The molecule has 1 N–H and O–H groups in total. The van der Waals surface area contributed by atoms with Crippen LogP contribution in [0.2, 0.25) is 0 Å². The lowest BCUT2D eigenvalue weighted by Gasteiger charge is -2.15. The molecule has 0 saturated carbocycles. The average molecular weight is 339 g/mol. The Balaban J connectivity index is 1.54. The number of hydrogen-bond acceptors (Lipinski definition) is 5. The molecule has 0 unspecified atom stereocenters. The molecule has 1 atom stereocenters. The van der Waals surface area contributed by atoms with Crippen LogP contribution >= 0.6 is 11.3 Å². The Hall–Kier alpha value is -2.54. The zero-order valence-corrected chi connectivity index (χ0v) is 14.1. The molecule has 0 aliphatic heterocycles. The Kier molecular flexibility index (Phi) is 3.86. The predicted molar refractivity (Wildman–Crippen MR) is 92.6 cm³/mol. The molecule has 3 heterocycles. The number of fused-ring (bicyclic) bond motifs is 1. The van der Waals surface area contributed by atoms with Gasteiger partial charge in [0.1, 0.15) is 12.1 Å². The maximum absolute atomic E-state index is 12.5. The first-order valence-electron chi connectivity index (χ1n) is 7.93. The summed E-state index contributed by atoms with van der Waals surface area (Å²) in [7, 11) is 0. The lowest BCUT2D eigenvalue weighted by atomic mass is 9.93. The second-order valence-electron chi connectivity index (χ2n) is 6.06. The number of aryl methyl sites for hydroxylation is 1. The Morgan fingerprint density at radius 3 is 3.17 bits per heavy atom. The first-order chi connectivity index (χ1) is 11.7. The lowest BCUT2D eigenvalue weighted by molar-refractivity contribution is 0.102. The summed E-state index contributed by atoms with van der Waals surface area (Å²) in [5.41, 5.74) is 1.69. The summed E-state index contributed by atoms with van der Waals surface area (Å²) in [5, 5.41) is 3.60. The molecule has 1 aliphatic rings. The number of nitrogens with zero attached hydrogens (tertiary/aromatic N) is 4. The van der Waals surface area contributed by atoms with Crippen molar-refractivity contribution in [1.82, 2.24) is 19.5 Å². The highest BCUT2D eigenvalue weighted by molar-refractivity contribution is 7.15. The second-order valence-corrected chi connectivity index (χ2v) is 7.15. The van der Waals surface area contributed by atoms with Gasteiger partial charge in [0.25, 0.3) is 5.91 Å². The number of pyridine rings is 1. The van der Waals surface area contributed by atoms with E-state index in [1.54, 1.807) is 53.0 Å². The van der Waals surface area contributed by atoms with Crippen molar-refractivity contribution >= 4 is 22.4 Å². The molecule has 24 heavy (non-hydrogen) atoms. The van der Waals surface area contributed by atoms with E-state index in [-0.39, 0.29) is 5.91 Å². The highest BCUT2D eigenvalue weighted by atomic mass is 32.1. The van der Waals surface area contributed by atoms with Gasteiger partial charge in [-0.1, -0.05) is 6.92 Å². The lowest BCUT2D eigenvalue weighted by Crippen LogP contribution is -2.13. The van der Waals surface area contributed by atoms with Crippen LogP contribution in [0.15, 0.2) is 37.1 Å². The number of amides is 1. The number of anilines is 1. The van der Waals surface area contributed by atoms with Crippen molar-refractivity contribution in [2.24, 2.45) is 5.92 Å². The van der Waals surface area contributed by atoms with E-state index in [9.17, 15) is 4.79 Å². The summed E-state index contributed by atoms with van der Waals surface area (Å²) in [6.07, 6.45) is 9.98. The van der Waals surface area contributed by atoms with Gasteiger partial charge in [0.15, 0.2) is 5.13 Å². The SMILES string of the molecule is C[C@H]1CCc2nc(NC(=O)c3ccnc(-n4ccnc4)c3)sc2C1. The average Bonchev–Trinajstić information content (AvgIpc) is 3.23. The third-order valence-corrected chi connectivity index (χ3v) is 5.22. The zero-order valence-electron chi connectivity index (χ0n) is 13.3. The Labute approximate surface area is 143 Å². The summed E-state index contributed by atoms with van der Waals surface area (Å²) in [6, 6.07) is 3.44. The number of nitrogens with one attached hydrogen (secondary N) is 1. The van der Waals surface area contributed by atoms with Crippen molar-refractivity contribution in [3.8, 4) is 5.82 Å². The van der Waals surface area contributed by atoms with Crippen LogP contribution in [0.4, 0.5) is 5.13 Å². The molecule has 6 nitrogen and oxygen atoms in total. The topological polar surface area (TPSA) is 72.7 Å². The summed E-state index contributed by atoms with van der Waals surface area (Å²) < 4.78 is 1.76.